The second-order valence-corrected chi connectivity index (χ2v) is 9.33. The summed E-state index contributed by atoms with van der Waals surface area (Å²) in [6.45, 7) is -0.294. The number of nitrogens with one attached hydrogen (secondary N) is 1. The van der Waals surface area contributed by atoms with Gasteiger partial charge >= 0.3 is 11.9 Å². The maximum Gasteiger partial charge on any atom is 0.370 e. The molecule has 0 radical (unpaired) electrons. The molecule has 0 saturated carbocycles. The lowest BCUT2D eigenvalue weighted by Crippen LogP contribution is -2.79. The Kier molecular flexibility index (Phi) is 4.73. The van der Waals surface area contributed by atoms with Gasteiger partial charge in [-0.3, -0.25) is 23.5 Å². The van der Waals surface area contributed by atoms with Crippen molar-refractivity contribution in [3.05, 3.63) is 11.1 Å². The number of hydrogen-bond acceptors (Lipinski definition) is 11. The maximum absolute atomic E-state index is 12.7. The molecule has 1 aromatic heterocycles. The predicted molar refractivity (Wildman–Crippen MR) is 99.6 cm³/mol. The molecule has 5 N–H and O–H groups in total. The minimum Gasteiger partial charge on any atom is -0.477 e. The van der Waals surface area contributed by atoms with Crippen LogP contribution in [0.25, 0.3) is 0 Å². The fraction of sp³-hybridized carbons (Fsp3) is 0.467. The van der Waals surface area contributed by atoms with Gasteiger partial charge in [0.2, 0.25) is 5.91 Å². The van der Waals surface area contributed by atoms with Gasteiger partial charge in [-0.25, -0.2) is 9.78 Å². The number of hydrogen-bond donors (Lipinski definition) is 4. The van der Waals surface area contributed by atoms with Crippen LogP contribution in [0.1, 0.15) is 12.1 Å². The number of anilines is 1. The third kappa shape index (κ3) is 2.76. The zero-order valence-electron chi connectivity index (χ0n) is 15.0. The summed E-state index contributed by atoms with van der Waals surface area (Å²) in [5.41, 5.74) is 2.92. The Labute approximate surface area is 174 Å². The minimum atomic E-state index is -2.18. The number of aromatic nitrogens is 1. The molecule has 0 spiro atoms. The highest BCUT2D eigenvalue weighted by atomic mass is 32.2. The Hall–Kier alpha value is -3.07. The van der Waals surface area contributed by atoms with Crippen LogP contribution in [0.15, 0.2) is 10.5 Å². The highest BCUT2D eigenvalue weighted by molar-refractivity contribution is 7.85. The van der Waals surface area contributed by atoms with Crippen LogP contribution in [-0.4, -0.2) is 77.3 Å². The smallest absolute Gasteiger partial charge is 0.370 e. The topological polar surface area (TPSA) is 202 Å². The number of oxime groups is 1. The van der Waals surface area contributed by atoms with Crippen molar-refractivity contribution in [3.63, 3.8) is 0 Å². The molecule has 3 aliphatic rings. The van der Waals surface area contributed by atoms with E-state index in [4.69, 9.17) is 15.7 Å². The number of fused-ring (bicyclic) bond motifs is 3. The number of esters is 1. The molecule has 0 bridgehead atoms. The van der Waals surface area contributed by atoms with Crippen LogP contribution in [0.4, 0.5) is 5.13 Å². The van der Waals surface area contributed by atoms with Crippen molar-refractivity contribution < 1.29 is 38.4 Å². The number of amides is 2. The highest BCUT2D eigenvalue weighted by Crippen LogP contribution is 2.49. The molecule has 4 rings (SSSR count). The Balaban J connectivity index is 1.51. The largest absolute Gasteiger partial charge is 0.477 e. The van der Waals surface area contributed by atoms with Gasteiger partial charge in [-0.1, -0.05) is 5.16 Å². The molecule has 2 amide bonds. The SMILES string of the molecule is Nc1nc(/C(=N/O)C(=O)NC[C@@H]2C(=O)N3[C@@H]2[S@@](=O)C[C@@H]2CC(=O)O[C@@]23C(=O)O)cs1. The van der Waals surface area contributed by atoms with Gasteiger partial charge in [0.1, 0.15) is 11.1 Å². The number of aliphatic carboxylic acids is 1. The van der Waals surface area contributed by atoms with E-state index in [9.17, 15) is 28.5 Å². The number of nitrogens with zero attached hydrogens (tertiary/aromatic N) is 3. The average Bonchev–Trinajstić information content (AvgIpc) is 3.24. The number of ether oxygens (including phenoxy) is 1. The van der Waals surface area contributed by atoms with E-state index in [-0.39, 0.29) is 29.5 Å². The molecule has 0 aliphatic carbocycles. The molecular formula is C15H15N5O8S2. The number of carbonyl (C=O) groups excluding carboxylic acids is 3. The van der Waals surface area contributed by atoms with E-state index in [1.54, 1.807) is 0 Å². The number of β-lactam (4-membered cyclic amide) rings is 1. The van der Waals surface area contributed by atoms with Gasteiger partial charge in [-0.2, -0.15) is 0 Å². The number of nitrogen functional groups attached to an aromatic ring is 1. The second kappa shape index (κ2) is 7.02. The van der Waals surface area contributed by atoms with Crippen LogP contribution in [-0.2, 0) is 34.7 Å². The summed E-state index contributed by atoms with van der Waals surface area (Å²) in [7, 11) is -1.66. The first-order valence-corrected chi connectivity index (χ1v) is 10.8. The zero-order valence-corrected chi connectivity index (χ0v) is 16.6. The third-order valence-electron chi connectivity index (χ3n) is 5.25. The first-order chi connectivity index (χ1) is 14.2. The summed E-state index contributed by atoms with van der Waals surface area (Å²) in [6.07, 6.45) is -0.247. The predicted octanol–water partition coefficient (Wildman–Crippen LogP) is -2.09. The van der Waals surface area contributed by atoms with Crippen molar-refractivity contribution in [2.75, 3.05) is 18.0 Å². The molecule has 0 unspecified atom stereocenters. The van der Waals surface area contributed by atoms with Gasteiger partial charge in [0, 0.05) is 28.5 Å². The standard InChI is InChI=1S/C15H15N5O8S2/c16-14-18-7(3-29-14)9(19-26)10(22)17-2-6-11(23)20-12(6)30(27)4-5-1-8(21)28-15(5,20)13(24)25/h3,5-6,12,26H,1-2,4H2,(H2,16,18)(H,17,22)(H,24,25)/b19-9-/t5-,6+,12+,15+,30-/m0/s1. The summed E-state index contributed by atoms with van der Waals surface area (Å²) in [5, 5.41) is 24.6. The van der Waals surface area contributed by atoms with Crippen LogP contribution in [0.2, 0.25) is 0 Å². The van der Waals surface area contributed by atoms with Gasteiger partial charge < -0.3 is 26.1 Å². The van der Waals surface area contributed by atoms with E-state index >= 15 is 0 Å². The lowest BCUT2D eigenvalue weighted by Gasteiger charge is -2.56. The van der Waals surface area contributed by atoms with Crippen LogP contribution in [0, 0.1) is 11.8 Å². The van der Waals surface area contributed by atoms with Crippen LogP contribution < -0.4 is 11.1 Å². The van der Waals surface area contributed by atoms with Crippen LogP contribution in [0.5, 0.6) is 0 Å². The summed E-state index contributed by atoms with van der Waals surface area (Å²) < 4.78 is 17.7. The van der Waals surface area contributed by atoms with Gasteiger partial charge in [0.05, 0.1) is 18.3 Å². The monoisotopic (exact) mass is 457 g/mol. The first-order valence-electron chi connectivity index (χ1n) is 8.58. The Bertz CT molecular complexity index is 1020. The molecule has 5 atom stereocenters. The average molecular weight is 457 g/mol. The minimum absolute atomic E-state index is 0.0332. The zero-order chi connectivity index (χ0) is 21.8. The summed E-state index contributed by atoms with van der Waals surface area (Å²) in [5.74, 6) is -5.89. The summed E-state index contributed by atoms with van der Waals surface area (Å²) in [6, 6.07) is 0. The van der Waals surface area contributed by atoms with Crippen LogP contribution >= 0.6 is 11.3 Å². The Morgan fingerprint density at radius 3 is 2.83 bits per heavy atom. The van der Waals surface area contributed by atoms with Crippen molar-refractivity contribution in [2.24, 2.45) is 17.0 Å². The molecule has 15 heteroatoms. The number of rotatable bonds is 5. The highest BCUT2D eigenvalue weighted by Gasteiger charge is 2.72. The van der Waals surface area contributed by atoms with E-state index in [1.165, 1.54) is 5.38 Å². The van der Waals surface area contributed by atoms with Gasteiger partial charge in [-0.15, -0.1) is 11.3 Å². The quantitative estimate of drug-likeness (QED) is 0.125. The number of carbonyl (C=O) groups is 4. The maximum atomic E-state index is 12.7. The van der Waals surface area contributed by atoms with Crippen molar-refractivity contribution >= 4 is 56.7 Å². The van der Waals surface area contributed by atoms with E-state index in [0.717, 1.165) is 16.2 Å². The molecule has 30 heavy (non-hydrogen) atoms. The van der Waals surface area contributed by atoms with E-state index in [2.05, 4.69) is 15.5 Å². The summed E-state index contributed by atoms with van der Waals surface area (Å²) in [4.78, 5) is 53.3. The van der Waals surface area contributed by atoms with E-state index in [0.29, 0.717) is 0 Å². The van der Waals surface area contributed by atoms with E-state index < -0.39 is 63.2 Å². The van der Waals surface area contributed by atoms with Crippen molar-refractivity contribution in [1.29, 1.82) is 0 Å². The number of carboxylic acids is 1. The number of nitrogens with two attached hydrogens (primary N) is 1. The van der Waals surface area contributed by atoms with Gasteiger partial charge in [0.25, 0.3) is 11.6 Å². The lowest BCUT2D eigenvalue weighted by atomic mass is 9.86. The van der Waals surface area contributed by atoms with Crippen molar-refractivity contribution in [3.8, 4) is 0 Å². The summed E-state index contributed by atoms with van der Waals surface area (Å²) >= 11 is 1.03. The van der Waals surface area contributed by atoms with Crippen LogP contribution in [0.3, 0.4) is 0 Å². The molecule has 4 heterocycles. The molecule has 3 saturated heterocycles. The fourth-order valence-corrected chi connectivity index (χ4v) is 6.50. The van der Waals surface area contributed by atoms with E-state index in [1.807, 2.05) is 0 Å². The lowest BCUT2D eigenvalue weighted by molar-refractivity contribution is -0.219. The van der Waals surface area contributed by atoms with Crippen molar-refractivity contribution in [2.45, 2.75) is 17.5 Å². The van der Waals surface area contributed by atoms with Gasteiger partial charge in [0.15, 0.2) is 10.8 Å². The molecule has 0 aromatic carbocycles. The molecule has 1 aromatic rings. The first kappa shape index (κ1) is 20.2. The molecule has 3 fully saturated rings. The Morgan fingerprint density at radius 1 is 1.50 bits per heavy atom. The molecule has 13 nitrogen and oxygen atoms in total. The fourth-order valence-electron chi connectivity index (χ4n) is 3.94. The number of carboxylic acid groups (broad SMARTS) is 1. The number of thiazole rings is 1. The molecular weight excluding hydrogens is 442 g/mol. The second-order valence-electron chi connectivity index (χ2n) is 6.86. The third-order valence-corrected chi connectivity index (χ3v) is 7.73. The molecule has 3 aliphatic heterocycles. The van der Waals surface area contributed by atoms with Gasteiger partial charge in [-0.05, 0) is 0 Å². The Morgan fingerprint density at radius 2 is 2.23 bits per heavy atom. The van der Waals surface area contributed by atoms with Crippen molar-refractivity contribution in [1.82, 2.24) is 15.2 Å². The molecule has 160 valence electrons. The normalized spacial score (nSPS) is 32.7.